The van der Waals surface area contributed by atoms with E-state index in [1.54, 1.807) is 25.4 Å². The van der Waals surface area contributed by atoms with E-state index in [1.807, 2.05) is 44.1 Å². The molecule has 5 heteroatoms. The van der Waals surface area contributed by atoms with Crippen LogP contribution in [0.5, 0.6) is 0 Å². The Bertz CT molecular complexity index is 635. The maximum Gasteiger partial charge on any atom is 0.257 e. The summed E-state index contributed by atoms with van der Waals surface area (Å²) in [6.07, 6.45) is 1.56. The van der Waals surface area contributed by atoms with Crippen LogP contribution in [0, 0.1) is 6.92 Å². The molecule has 0 radical (unpaired) electrons. The first-order valence-corrected chi connectivity index (χ1v) is 6.74. The number of carbonyl (C=O) groups is 1. The fourth-order valence-electron chi connectivity index (χ4n) is 2.05. The van der Waals surface area contributed by atoms with Crippen molar-refractivity contribution in [3.05, 3.63) is 47.7 Å². The molecule has 0 aliphatic heterocycles. The molecular formula is C16H20N4O. The Hall–Kier alpha value is -2.56. The van der Waals surface area contributed by atoms with Crippen LogP contribution >= 0.6 is 0 Å². The highest BCUT2D eigenvalue weighted by molar-refractivity contribution is 6.04. The summed E-state index contributed by atoms with van der Waals surface area (Å²) in [5, 5.41) is 5.81. The molecule has 1 heterocycles. The molecule has 0 aliphatic rings. The van der Waals surface area contributed by atoms with Gasteiger partial charge in [-0.15, -0.1) is 0 Å². The summed E-state index contributed by atoms with van der Waals surface area (Å²) in [4.78, 5) is 18.4. The van der Waals surface area contributed by atoms with Crippen LogP contribution in [0.1, 0.15) is 15.9 Å². The SMILES string of the molecule is CNc1ccc(C(=O)Nc2ccc(C)c(N(C)C)c2)cn1. The van der Waals surface area contributed by atoms with Gasteiger partial charge in [-0.3, -0.25) is 4.79 Å². The molecule has 1 amide bonds. The molecule has 0 atom stereocenters. The number of pyridine rings is 1. The maximum atomic E-state index is 12.2. The average Bonchev–Trinajstić information content (AvgIpc) is 2.49. The third kappa shape index (κ3) is 3.51. The molecule has 5 nitrogen and oxygen atoms in total. The molecule has 0 bridgehead atoms. The van der Waals surface area contributed by atoms with E-state index in [-0.39, 0.29) is 5.91 Å². The zero-order chi connectivity index (χ0) is 15.4. The standard InChI is InChI=1S/C16H20N4O/c1-11-5-7-13(9-14(11)20(3)4)19-16(21)12-6-8-15(17-2)18-10-12/h5-10H,1-4H3,(H,17,18)(H,19,21). The van der Waals surface area contributed by atoms with E-state index in [2.05, 4.69) is 15.6 Å². The number of benzene rings is 1. The molecule has 0 spiro atoms. The molecule has 2 aromatic rings. The van der Waals surface area contributed by atoms with E-state index in [0.717, 1.165) is 22.8 Å². The minimum absolute atomic E-state index is 0.168. The minimum Gasteiger partial charge on any atom is -0.377 e. The van der Waals surface area contributed by atoms with Gasteiger partial charge >= 0.3 is 0 Å². The molecule has 1 aromatic heterocycles. The Balaban J connectivity index is 2.17. The van der Waals surface area contributed by atoms with Gasteiger partial charge in [0.05, 0.1) is 5.56 Å². The Morgan fingerprint density at radius 3 is 2.52 bits per heavy atom. The Morgan fingerprint density at radius 2 is 1.95 bits per heavy atom. The molecule has 110 valence electrons. The van der Waals surface area contributed by atoms with Gasteiger partial charge in [0.2, 0.25) is 0 Å². The van der Waals surface area contributed by atoms with Crippen LogP contribution in [0.3, 0.4) is 0 Å². The molecule has 0 aliphatic carbocycles. The van der Waals surface area contributed by atoms with Crippen LogP contribution < -0.4 is 15.5 Å². The number of nitrogens with one attached hydrogen (secondary N) is 2. The fraction of sp³-hybridized carbons (Fsp3) is 0.250. The highest BCUT2D eigenvalue weighted by Crippen LogP contribution is 2.22. The molecule has 0 unspecified atom stereocenters. The van der Waals surface area contributed by atoms with Crippen molar-refractivity contribution in [2.24, 2.45) is 0 Å². The summed E-state index contributed by atoms with van der Waals surface area (Å²) in [6, 6.07) is 9.37. The average molecular weight is 284 g/mol. The second-order valence-corrected chi connectivity index (χ2v) is 5.03. The number of amides is 1. The monoisotopic (exact) mass is 284 g/mol. The van der Waals surface area contributed by atoms with Crippen molar-refractivity contribution in [2.45, 2.75) is 6.92 Å². The Kier molecular flexibility index (Phi) is 4.42. The van der Waals surface area contributed by atoms with Crippen molar-refractivity contribution in [1.29, 1.82) is 0 Å². The summed E-state index contributed by atoms with van der Waals surface area (Å²) >= 11 is 0. The predicted molar refractivity (Wildman–Crippen MR) is 87.2 cm³/mol. The number of hydrogen-bond donors (Lipinski definition) is 2. The normalized spacial score (nSPS) is 10.1. The zero-order valence-electron chi connectivity index (χ0n) is 12.8. The van der Waals surface area contributed by atoms with Crippen molar-refractivity contribution >= 4 is 23.1 Å². The molecule has 0 fully saturated rings. The second kappa shape index (κ2) is 6.26. The van der Waals surface area contributed by atoms with Gasteiger partial charge in [0.1, 0.15) is 5.82 Å². The van der Waals surface area contributed by atoms with Crippen molar-refractivity contribution in [1.82, 2.24) is 4.98 Å². The van der Waals surface area contributed by atoms with Crippen molar-refractivity contribution in [3.63, 3.8) is 0 Å². The molecule has 0 saturated heterocycles. The Labute approximate surface area is 125 Å². The summed E-state index contributed by atoms with van der Waals surface area (Å²) in [7, 11) is 5.75. The van der Waals surface area contributed by atoms with Gasteiger partial charge in [-0.1, -0.05) is 6.07 Å². The van der Waals surface area contributed by atoms with E-state index in [0.29, 0.717) is 5.56 Å². The Morgan fingerprint density at radius 1 is 1.19 bits per heavy atom. The van der Waals surface area contributed by atoms with Crippen LogP contribution in [0.15, 0.2) is 36.5 Å². The second-order valence-electron chi connectivity index (χ2n) is 5.03. The van der Waals surface area contributed by atoms with Gasteiger partial charge in [-0.05, 0) is 36.8 Å². The summed E-state index contributed by atoms with van der Waals surface area (Å²) in [5.41, 5.74) is 3.54. The van der Waals surface area contributed by atoms with E-state index in [4.69, 9.17) is 0 Å². The first-order valence-electron chi connectivity index (χ1n) is 6.74. The number of carbonyl (C=O) groups excluding carboxylic acids is 1. The summed E-state index contributed by atoms with van der Waals surface area (Å²) in [6.45, 7) is 2.04. The van der Waals surface area contributed by atoms with Crippen molar-refractivity contribution in [2.75, 3.05) is 36.7 Å². The van der Waals surface area contributed by atoms with Crippen molar-refractivity contribution < 1.29 is 4.79 Å². The predicted octanol–water partition coefficient (Wildman–Crippen LogP) is 2.75. The quantitative estimate of drug-likeness (QED) is 0.906. The van der Waals surface area contributed by atoms with Crippen LogP contribution in [0.4, 0.5) is 17.2 Å². The summed E-state index contributed by atoms with van der Waals surface area (Å²) < 4.78 is 0. The number of nitrogens with zero attached hydrogens (tertiary/aromatic N) is 2. The van der Waals surface area contributed by atoms with Gasteiger partial charge in [0.15, 0.2) is 0 Å². The molecular weight excluding hydrogens is 264 g/mol. The van der Waals surface area contributed by atoms with E-state index < -0.39 is 0 Å². The molecule has 1 aromatic carbocycles. The van der Waals surface area contributed by atoms with Gasteiger partial charge in [-0.25, -0.2) is 4.98 Å². The van der Waals surface area contributed by atoms with Crippen molar-refractivity contribution in [3.8, 4) is 0 Å². The third-order valence-corrected chi connectivity index (χ3v) is 3.23. The lowest BCUT2D eigenvalue weighted by Crippen LogP contribution is -2.14. The lowest BCUT2D eigenvalue weighted by molar-refractivity contribution is 0.102. The van der Waals surface area contributed by atoms with Crippen LogP contribution in [-0.2, 0) is 0 Å². The van der Waals surface area contributed by atoms with E-state index in [9.17, 15) is 4.79 Å². The zero-order valence-corrected chi connectivity index (χ0v) is 12.8. The number of hydrogen-bond acceptors (Lipinski definition) is 4. The third-order valence-electron chi connectivity index (χ3n) is 3.23. The number of aryl methyl sites for hydroxylation is 1. The van der Waals surface area contributed by atoms with Gasteiger partial charge in [0.25, 0.3) is 5.91 Å². The highest BCUT2D eigenvalue weighted by Gasteiger charge is 2.08. The first kappa shape index (κ1) is 14.8. The van der Waals surface area contributed by atoms with Gasteiger partial charge < -0.3 is 15.5 Å². The van der Waals surface area contributed by atoms with E-state index in [1.165, 1.54) is 0 Å². The maximum absolute atomic E-state index is 12.2. The molecule has 0 saturated carbocycles. The lowest BCUT2D eigenvalue weighted by Gasteiger charge is -2.17. The summed E-state index contributed by atoms with van der Waals surface area (Å²) in [5.74, 6) is 0.565. The minimum atomic E-state index is -0.168. The first-order chi connectivity index (χ1) is 10.0. The van der Waals surface area contributed by atoms with Crippen LogP contribution in [0.2, 0.25) is 0 Å². The highest BCUT2D eigenvalue weighted by atomic mass is 16.1. The number of anilines is 3. The van der Waals surface area contributed by atoms with Crippen LogP contribution in [0.25, 0.3) is 0 Å². The molecule has 21 heavy (non-hydrogen) atoms. The number of aromatic nitrogens is 1. The van der Waals surface area contributed by atoms with E-state index >= 15 is 0 Å². The largest absolute Gasteiger partial charge is 0.377 e. The number of rotatable bonds is 4. The van der Waals surface area contributed by atoms with Crippen LogP contribution in [-0.4, -0.2) is 32.0 Å². The van der Waals surface area contributed by atoms with Gasteiger partial charge in [-0.2, -0.15) is 0 Å². The topological polar surface area (TPSA) is 57.3 Å². The smallest absolute Gasteiger partial charge is 0.257 e. The molecule has 2 rings (SSSR count). The molecule has 2 N–H and O–H groups in total. The fourth-order valence-corrected chi connectivity index (χ4v) is 2.05. The van der Waals surface area contributed by atoms with Gasteiger partial charge in [0, 0.05) is 38.7 Å². The lowest BCUT2D eigenvalue weighted by atomic mass is 10.1.